The summed E-state index contributed by atoms with van der Waals surface area (Å²) in [4.78, 5) is 36.2. The molecule has 1 saturated heterocycles. The van der Waals surface area contributed by atoms with Crippen molar-refractivity contribution in [3.63, 3.8) is 0 Å². The molecule has 0 spiro atoms. The van der Waals surface area contributed by atoms with Crippen molar-refractivity contribution in [3.05, 3.63) is 87.7 Å². The summed E-state index contributed by atoms with van der Waals surface area (Å²) in [5.74, 6) is -0.422. The van der Waals surface area contributed by atoms with Gasteiger partial charge in [0.15, 0.2) is 0 Å². The van der Waals surface area contributed by atoms with Crippen LogP contribution < -0.4 is 19.7 Å². The van der Waals surface area contributed by atoms with Crippen molar-refractivity contribution in [3.8, 4) is 11.5 Å². The number of nitrogens with zero attached hydrogens (tertiary/aromatic N) is 4. The van der Waals surface area contributed by atoms with Gasteiger partial charge in [0.2, 0.25) is 0 Å². The standard InChI is InChI=1S/C34H39N7O6S/c1-3-35-30-11-9-28(20-31(30)41(43)44)48(45,46)38-34(42)29-10-8-26(19-32(29)47-27-18-24-12-13-36-33(24)37-21-27)40-16-14-39(15-17-40)22-25-7-5-4-6-23(25)2/h8-13,18-21,35H,3-7,14-17,22H2,1-2H3,(H,36,37)(H,38,42). The number of rotatable bonds is 11. The number of hydrogen-bond donors (Lipinski definition) is 3. The zero-order valence-electron chi connectivity index (χ0n) is 27.0. The summed E-state index contributed by atoms with van der Waals surface area (Å²) in [5.41, 5.74) is 4.33. The van der Waals surface area contributed by atoms with Crippen molar-refractivity contribution in [1.29, 1.82) is 0 Å². The number of fused-ring (bicyclic) bond motifs is 1. The van der Waals surface area contributed by atoms with Gasteiger partial charge in [-0.05, 0) is 75.9 Å². The molecule has 0 saturated carbocycles. The van der Waals surface area contributed by atoms with Gasteiger partial charge in [0.25, 0.3) is 21.6 Å². The fourth-order valence-corrected chi connectivity index (χ4v) is 7.24. The highest BCUT2D eigenvalue weighted by molar-refractivity contribution is 7.90. The first-order chi connectivity index (χ1) is 23.1. The lowest BCUT2D eigenvalue weighted by molar-refractivity contribution is -0.384. The Bertz CT molecular complexity index is 1980. The summed E-state index contributed by atoms with van der Waals surface area (Å²) >= 11 is 0. The predicted octanol–water partition coefficient (Wildman–Crippen LogP) is 5.83. The largest absolute Gasteiger partial charge is 0.455 e. The molecular weight excluding hydrogens is 634 g/mol. The van der Waals surface area contributed by atoms with Gasteiger partial charge in [-0.2, -0.15) is 0 Å². The van der Waals surface area contributed by atoms with Gasteiger partial charge in [0, 0.05) is 68.7 Å². The average molecular weight is 674 g/mol. The van der Waals surface area contributed by atoms with Crippen molar-refractivity contribution >= 4 is 44.0 Å². The summed E-state index contributed by atoms with van der Waals surface area (Å²) in [6, 6.07) is 12.1. The highest BCUT2D eigenvalue weighted by Crippen LogP contribution is 2.33. The van der Waals surface area contributed by atoms with Crippen LogP contribution in [0.25, 0.3) is 11.0 Å². The van der Waals surface area contributed by atoms with Crippen LogP contribution in [0.3, 0.4) is 0 Å². The zero-order chi connectivity index (χ0) is 33.8. The number of carbonyl (C=O) groups excluding carboxylic acids is 1. The molecule has 252 valence electrons. The number of nitro groups is 1. The molecule has 3 heterocycles. The van der Waals surface area contributed by atoms with Gasteiger partial charge in [0.05, 0.1) is 21.6 Å². The third-order valence-electron chi connectivity index (χ3n) is 8.92. The zero-order valence-corrected chi connectivity index (χ0v) is 27.8. The van der Waals surface area contributed by atoms with Gasteiger partial charge in [-0.3, -0.25) is 19.8 Å². The van der Waals surface area contributed by atoms with E-state index in [-0.39, 0.29) is 17.0 Å². The number of hydrogen-bond acceptors (Lipinski definition) is 10. The first-order valence-electron chi connectivity index (χ1n) is 16.1. The molecule has 2 aromatic heterocycles. The number of carbonyl (C=O) groups is 1. The molecule has 1 fully saturated rings. The maximum atomic E-state index is 13.6. The minimum absolute atomic E-state index is 0.0198. The van der Waals surface area contributed by atoms with Gasteiger partial charge < -0.3 is 19.9 Å². The van der Waals surface area contributed by atoms with E-state index in [0.29, 0.717) is 17.9 Å². The van der Waals surface area contributed by atoms with Gasteiger partial charge in [-0.25, -0.2) is 18.1 Å². The number of aromatic amines is 1. The molecular formula is C34H39N7O6S. The molecule has 13 nitrogen and oxygen atoms in total. The number of pyridine rings is 1. The van der Waals surface area contributed by atoms with Crippen LogP contribution in [-0.4, -0.2) is 73.4 Å². The van der Waals surface area contributed by atoms with E-state index in [2.05, 4.69) is 36.7 Å². The normalized spacial score (nSPS) is 15.8. The smallest absolute Gasteiger partial charge is 0.293 e. The topological polar surface area (TPSA) is 163 Å². The van der Waals surface area contributed by atoms with Crippen molar-refractivity contribution < 1.29 is 22.9 Å². The molecule has 14 heteroatoms. The van der Waals surface area contributed by atoms with Crippen LogP contribution >= 0.6 is 0 Å². The van der Waals surface area contributed by atoms with E-state index in [9.17, 15) is 23.3 Å². The first kappa shape index (κ1) is 33.0. The Morgan fingerprint density at radius 2 is 1.85 bits per heavy atom. The lowest BCUT2D eigenvalue weighted by atomic mass is 9.92. The molecule has 4 aromatic rings. The number of aromatic nitrogens is 2. The molecule has 0 bridgehead atoms. The molecule has 0 radical (unpaired) electrons. The lowest BCUT2D eigenvalue weighted by Gasteiger charge is -2.37. The van der Waals surface area contributed by atoms with Gasteiger partial charge in [-0.1, -0.05) is 11.1 Å². The van der Waals surface area contributed by atoms with Gasteiger partial charge in [-0.15, -0.1) is 0 Å². The number of nitrogens with one attached hydrogen (secondary N) is 3. The van der Waals surface area contributed by atoms with Crippen LogP contribution in [0.15, 0.2) is 77.0 Å². The molecule has 48 heavy (non-hydrogen) atoms. The summed E-state index contributed by atoms with van der Waals surface area (Å²) in [6.07, 6.45) is 8.17. The van der Waals surface area contributed by atoms with Crippen LogP contribution in [0.4, 0.5) is 17.1 Å². The summed E-state index contributed by atoms with van der Waals surface area (Å²) < 4.78 is 34.9. The minimum Gasteiger partial charge on any atom is -0.455 e. The molecule has 1 amide bonds. The van der Waals surface area contributed by atoms with E-state index in [0.717, 1.165) is 49.9 Å². The average Bonchev–Trinajstić information content (AvgIpc) is 3.54. The van der Waals surface area contributed by atoms with Crippen molar-refractivity contribution in [1.82, 2.24) is 19.6 Å². The first-order valence-corrected chi connectivity index (χ1v) is 17.6. The van der Waals surface area contributed by atoms with Crippen molar-refractivity contribution in [2.75, 3.05) is 49.5 Å². The Hall–Kier alpha value is -4.95. The molecule has 2 aromatic carbocycles. The van der Waals surface area contributed by atoms with E-state index in [1.807, 2.05) is 6.07 Å². The number of allylic oxidation sites excluding steroid dienone is 1. The number of nitro benzene ring substituents is 1. The van der Waals surface area contributed by atoms with E-state index in [4.69, 9.17) is 4.74 Å². The van der Waals surface area contributed by atoms with Crippen LogP contribution in [0.1, 0.15) is 49.9 Å². The second-order valence-corrected chi connectivity index (χ2v) is 13.8. The molecule has 0 atom stereocenters. The summed E-state index contributed by atoms with van der Waals surface area (Å²) in [5, 5.41) is 15.3. The second kappa shape index (κ2) is 14.0. The van der Waals surface area contributed by atoms with Gasteiger partial charge in [0.1, 0.15) is 22.8 Å². The van der Waals surface area contributed by atoms with E-state index < -0.39 is 31.4 Å². The Morgan fingerprint density at radius 3 is 2.60 bits per heavy atom. The number of H-pyrrole nitrogens is 1. The van der Waals surface area contributed by atoms with Crippen molar-refractivity contribution in [2.24, 2.45) is 0 Å². The number of ether oxygens (including phenoxy) is 1. The highest BCUT2D eigenvalue weighted by atomic mass is 32.2. The number of piperazine rings is 1. The maximum absolute atomic E-state index is 13.6. The quantitative estimate of drug-likeness (QED) is 0.100. The van der Waals surface area contributed by atoms with E-state index >= 15 is 0 Å². The number of anilines is 2. The predicted molar refractivity (Wildman–Crippen MR) is 184 cm³/mol. The van der Waals surface area contributed by atoms with Crippen LogP contribution in [0, 0.1) is 10.1 Å². The van der Waals surface area contributed by atoms with E-state index in [1.165, 1.54) is 55.7 Å². The molecule has 6 rings (SSSR count). The molecule has 1 aliphatic heterocycles. The summed E-state index contributed by atoms with van der Waals surface area (Å²) in [7, 11) is -4.48. The summed E-state index contributed by atoms with van der Waals surface area (Å²) in [6.45, 7) is 8.76. The van der Waals surface area contributed by atoms with Crippen LogP contribution in [0.2, 0.25) is 0 Å². The fraction of sp³-hybridized carbons (Fsp3) is 0.353. The Kier molecular flexibility index (Phi) is 9.64. The molecule has 1 aliphatic carbocycles. The Morgan fingerprint density at radius 1 is 1.06 bits per heavy atom. The third-order valence-corrected chi connectivity index (χ3v) is 10.2. The Balaban J connectivity index is 1.25. The Labute approximate surface area is 279 Å². The SMILES string of the molecule is CCNc1ccc(S(=O)(=O)NC(=O)c2ccc(N3CCN(CC4=C(C)CCCC4)CC3)cc2Oc2cnc3[nH]ccc3c2)cc1[N+](=O)[O-]. The van der Waals surface area contributed by atoms with E-state index in [1.54, 1.807) is 36.9 Å². The number of amides is 1. The van der Waals surface area contributed by atoms with Crippen LogP contribution in [0.5, 0.6) is 11.5 Å². The van der Waals surface area contributed by atoms with Gasteiger partial charge >= 0.3 is 0 Å². The fourth-order valence-electron chi connectivity index (χ4n) is 6.25. The molecule has 2 aliphatic rings. The third kappa shape index (κ3) is 7.29. The second-order valence-electron chi connectivity index (χ2n) is 12.1. The monoisotopic (exact) mass is 673 g/mol. The lowest BCUT2D eigenvalue weighted by Crippen LogP contribution is -2.47. The highest BCUT2D eigenvalue weighted by Gasteiger charge is 2.27. The minimum atomic E-state index is -4.48. The number of benzene rings is 2. The maximum Gasteiger partial charge on any atom is 0.293 e. The van der Waals surface area contributed by atoms with Crippen molar-refractivity contribution in [2.45, 2.75) is 44.4 Å². The van der Waals surface area contributed by atoms with Crippen LogP contribution in [-0.2, 0) is 10.0 Å². The number of sulfonamides is 1. The molecule has 3 N–H and O–H groups in total. The molecule has 0 unspecified atom stereocenters.